The van der Waals surface area contributed by atoms with Gasteiger partial charge in [-0.05, 0) is 37.9 Å². The minimum Gasteiger partial charge on any atom is -0.440 e. The van der Waals surface area contributed by atoms with Crippen LogP contribution in [0.25, 0.3) is 11.1 Å². The van der Waals surface area contributed by atoms with Crippen molar-refractivity contribution in [1.29, 1.82) is 0 Å². The van der Waals surface area contributed by atoms with Gasteiger partial charge in [-0.2, -0.15) is 0 Å². The molecule has 2 aliphatic rings. The molecule has 1 aromatic carbocycles. The number of benzene rings is 1. The Morgan fingerprint density at radius 2 is 2.04 bits per heavy atom. The van der Waals surface area contributed by atoms with Crippen molar-refractivity contribution in [3.05, 3.63) is 29.9 Å². The molecule has 5 nitrogen and oxygen atoms in total. The average Bonchev–Trinajstić information content (AvgIpc) is 3.21. The first kappa shape index (κ1) is 15.6. The van der Waals surface area contributed by atoms with Gasteiger partial charge in [-0.25, -0.2) is 9.37 Å². The Balaban J connectivity index is 1.41. The Labute approximate surface area is 140 Å². The van der Waals surface area contributed by atoms with Crippen molar-refractivity contribution in [1.82, 2.24) is 14.8 Å². The summed E-state index contributed by atoms with van der Waals surface area (Å²) < 4.78 is 19.1. The van der Waals surface area contributed by atoms with Crippen molar-refractivity contribution in [2.24, 2.45) is 0 Å². The van der Waals surface area contributed by atoms with Gasteiger partial charge < -0.3 is 9.32 Å². The van der Waals surface area contributed by atoms with E-state index in [1.54, 1.807) is 13.0 Å². The zero-order valence-electron chi connectivity index (χ0n) is 13.9. The van der Waals surface area contributed by atoms with Crippen molar-refractivity contribution in [2.45, 2.75) is 38.1 Å². The maximum absolute atomic E-state index is 13.3. The summed E-state index contributed by atoms with van der Waals surface area (Å²) in [5.41, 5.74) is 1.25. The van der Waals surface area contributed by atoms with Gasteiger partial charge in [-0.3, -0.25) is 9.69 Å². The van der Waals surface area contributed by atoms with Gasteiger partial charge in [0.1, 0.15) is 11.3 Å². The van der Waals surface area contributed by atoms with E-state index in [2.05, 4.69) is 9.88 Å². The largest absolute Gasteiger partial charge is 0.440 e. The highest BCUT2D eigenvalue weighted by Crippen LogP contribution is 2.32. The molecule has 2 saturated heterocycles. The lowest BCUT2D eigenvalue weighted by Crippen LogP contribution is -2.45. The molecule has 0 bridgehead atoms. The molecule has 0 N–H and O–H groups in total. The molecule has 1 amide bonds. The molecule has 2 fully saturated rings. The second-order valence-electron chi connectivity index (χ2n) is 6.88. The van der Waals surface area contributed by atoms with E-state index in [9.17, 15) is 9.18 Å². The SMILES string of the molecule is CC(=O)N1CCC(N2CC[C@H](c3nc4cc(F)ccc4o3)C2)CC1. The number of oxazole rings is 1. The van der Waals surface area contributed by atoms with Gasteiger partial charge in [0.05, 0.1) is 0 Å². The standard InChI is InChI=1S/C18H22FN3O2/c1-12(23)21-8-5-15(6-9-21)22-7-4-13(11-22)18-20-16-10-14(19)2-3-17(16)24-18/h2-3,10,13,15H,4-9,11H2,1H3/t13-/m0/s1. The van der Waals surface area contributed by atoms with E-state index in [4.69, 9.17) is 4.42 Å². The third kappa shape index (κ3) is 2.90. The number of nitrogens with zero attached hydrogens (tertiary/aromatic N) is 3. The number of amides is 1. The van der Waals surface area contributed by atoms with Crippen molar-refractivity contribution >= 4 is 17.0 Å². The Kier molecular flexibility index (Phi) is 4.00. The minimum atomic E-state index is -0.285. The van der Waals surface area contributed by atoms with E-state index in [0.29, 0.717) is 17.1 Å². The molecule has 6 heteroatoms. The van der Waals surface area contributed by atoms with Crippen LogP contribution in [-0.4, -0.2) is 52.9 Å². The Morgan fingerprint density at radius 1 is 1.25 bits per heavy atom. The molecule has 2 aromatic rings. The fraction of sp³-hybridized carbons (Fsp3) is 0.556. The topological polar surface area (TPSA) is 49.6 Å². The number of likely N-dealkylation sites (tertiary alicyclic amines) is 2. The number of aromatic nitrogens is 1. The van der Waals surface area contributed by atoms with E-state index in [-0.39, 0.29) is 17.6 Å². The lowest BCUT2D eigenvalue weighted by Gasteiger charge is -2.36. The van der Waals surface area contributed by atoms with Crippen LogP contribution in [0.3, 0.4) is 0 Å². The average molecular weight is 331 g/mol. The smallest absolute Gasteiger partial charge is 0.219 e. The molecule has 0 aliphatic carbocycles. The van der Waals surface area contributed by atoms with Crippen LogP contribution in [0.15, 0.2) is 22.6 Å². The first-order valence-corrected chi connectivity index (χ1v) is 8.65. The second kappa shape index (κ2) is 6.16. The van der Waals surface area contributed by atoms with Crippen LogP contribution < -0.4 is 0 Å². The number of hydrogen-bond acceptors (Lipinski definition) is 4. The van der Waals surface area contributed by atoms with E-state index >= 15 is 0 Å². The van der Waals surface area contributed by atoms with Crippen LogP contribution in [0.4, 0.5) is 4.39 Å². The van der Waals surface area contributed by atoms with Gasteiger partial charge in [0.25, 0.3) is 0 Å². The summed E-state index contributed by atoms with van der Waals surface area (Å²) >= 11 is 0. The van der Waals surface area contributed by atoms with E-state index < -0.39 is 0 Å². The lowest BCUT2D eigenvalue weighted by atomic mass is 10.0. The highest BCUT2D eigenvalue weighted by Gasteiger charge is 2.33. The third-order valence-corrected chi connectivity index (χ3v) is 5.36. The number of rotatable bonds is 2. The van der Waals surface area contributed by atoms with E-state index in [1.807, 2.05) is 4.90 Å². The maximum atomic E-state index is 13.3. The summed E-state index contributed by atoms with van der Waals surface area (Å²) in [5, 5.41) is 0. The van der Waals surface area contributed by atoms with Crippen molar-refractivity contribution < 1.29 is 13.6 Å². The normalized spacial score (nSPS) is 23.2. The molecule has 4 rings (SSSR count). The number of piperidine rings is 1. The number of hydrogen-bond donors (Lipinski definition) is 0. The predicted octanol–water partition coefficient (Wildman–Crippen LogP) is 2.77. The van der Waals surface area contributed by atoms with E-state index in [1.165, 1.54) is 12.1 Å². The maximum Gasteiger partial charge on any atom is 0.219 e. The molecule has 0 spiro atoms. The summed E-state index contributed by atoms with van der Waals surface area (Å²) in [6, 6.07) is 5.01. The quantitative estimate of drug-likeness (QED) is 0.849. The van der Waals surface area contributed by atoms with Gasteiger partial charge in [-0.1, -0.05) is 0 Å². The molecule has 3 heterocycles. The van der Waals surface area contributed by atoms with E-state index in [0.717, 1.165) is 51.3 Å². The van der Waals surface area contributed by atoms with Gasteiger partial charge in [0, 0.05) is 44.6 Å². The number of halogens is 1. The Bertz CT molecular complexity index is 752. The summed E-state index contributed by atoms with van der Waals surface area (Å²) in [6.07, 6.45) is 3.08. The van der Waals surface area contributed by atoms with Crippen molar-refractivity contribution in [2.75, 3.05) is 26.2 Å². The highest BCUT2D eigenvalue weighted by molar-refractivity contribution is 5.73. The zero-order chi connectivity index (χ0) is 16.7. The minimum absolute atomic E-state index is 0.173. The summed E-state index contributed by atoms with van der Waals surface area (Å²) in [6.45, 7) is 5.30. The molecule has 24 heavy (non-hydrogen) atoms. The number of carbonyl (C=O) groups excluding carboxylic acids is 1. The molecule has 0 radical (unpaired) electrons. The fourth-order valence-corrected chi connectivity index (χ4v) is 3.96. The van der Waals surface area contributed by atoms with Crippen LogP contribution >= 0.6 is 0 Å². The van der Waals surface area contributed by atoms with Gasteiger partial charge >= 0.3 is 0 Å². The Morgan fingerprint density at radius 3 is 2.79 bits per heavy atom. The number of carbonyl (C=O) groups is 1. The molecule has 1 atom stereocenters. The lowest BCUT2D eigenvalue weighted by molar-refractivity contribution is -0.130. The first-order chi connectivity index (χ1) is 11.6. The van der Waals surface area contributed by atoms with Crippen molar-refractivity contribution in [3.63, 3.8) is 0 Å². The zero-order valence-corrected chi connectivity index (χ0v) is 13.9. The predicted molar refractivity (Wildman–Crippen MR) is 88.2 cm³/mol. The molecule has 128 valence electrons. The van der Waals surface area contributed by atoms with Crippen molar-refractivity contribution in [3.8, 4) is 0 Å². The monoisotopic (exact) mass is 331 g/mol. The van der Waals surface area contributed by atoms with Crippen LogP contribution in [0.1, 0.15) is 38.0 Å². The Hall–Kier alpha value is -1.95. The highest BCUT2D eigenvalue weighted by atomic mass is 19.1. The molecule has 2 aliphatic heterocycles. The molecule has 0 unspecified atom stereocenters. The first-order valence-electron chi connectivity index (χ1n) is 8.65. The fourth-order valence-electron chi connectivity index (χ4n) is 3.96. The third-order valence-electron chi connectivity index (χ3n) is 5.36. The van der Waals surface area contributed by atoms with Crippen LogP contribution in [-0.2, 0) is 4.79 Å². The molecule has 1 aromatic heterocycles. The molecular weight excluding hydrogens is 309 g/mol. The van der Waals surface area contributed by atoms with Crippen LogP contribution in [0.5, 0.6) is 0 Å². The molecular formula is C18H22FN3O2. The van der Waals surface area contributed by atoms with Gasteiger partial charge in [0.2, 0.25) is 5.91 Å². The van der Waals surface area contributed by atoms with Crippen LogP contribution in [0.2, 0.25) is 0 Å². The number of fused-ring (bicyclic) bond motifs is 1. The van der Waals surface area contributed by atoms with Crippen LogP contribution in [0, 0.1) is 5.82 Å². The summed E-state index contributed by atoms with van der Waals surface area (Å²) in [4.78, 5) is 20.3. The van der Waals surface area contributed by atoms with Gasteiger partial charge in [0.15, 0.2) is 11.5 Å². The molecule has 0 saturated carbocycles. The van der Waals surface area contributed by atoms with Gasteiger partial charge in [-0.15, -0.1) is 0 Å². The summed E-state index contributed by atoms with van der Waals surface area (Å²) in [7, 11) is 0. The second-order valence-corrected chi connectivity index (χ2v) is 6.88. The summed E-state index contributed by atoms with van der Waals surface area (Å²) in [5.74, 6) is 0.879.